The van der Waals surface area contributed by atoms with Crippen molar-refractivity contribution in [1.29, 1.82) is 0 Å². The van der Waals surface area contributed by atoms with Crippen molar-refractivity contribution in [3.05, 3.63) is 28.5 Å². The number of benzene rings is 1. The summed E-state index contributed by atoms with van der Waals surface area (Å²) in [5, 5.41) is 5.35. The van der Waals surface area contributed by atoms with Crippen LogP contribution in [0.5, 0.6) is 0 Å². The molecule has 1 aliphatic rings. The van der Waals surface area contributed by atoms with Gasteiger partial charge in [0.1, 0.15) is 11.4 Å². The number of alkyl carbamates (subject to hydrolysis) is 1. The third-order valence-corrected chi connectivity index (χ3v) is 4.10. The van der Waals surface area contributed by atoms with Gasteiger partial charge in [-0.15, -0.1) is 0 Å². The molecule has 1 unspecified atom stereocenters. The quantitative estimate of drug-likeness (QED) is 0.763. The lowest BCUT2D eigenvalue weighted by molar-refractivity contribution is 0.0480. The van der Waals surface area contributed by atoms with Crippen molar-refractivity contribution in [2.45, 2.75) is 45.3 Å². The molecule has 0 spiro atoms. The molecule has 25 heavy (non-hydrogen) atoms. The first kappa shape index (κ1) is 19.5. The Hall–Kier alpha value is -1.83. The number of anilines is 1. The van der Waals surface area contributed by atoms with E-state index in [0.29, 0.717) is 17.6 Å². The van der Waals surface area contributed by atoms with Gasteiger partial charge in [0, 0.05) is 23.6 Å². The number of rotatable bonds is 2. The monoisotopic (exact) mass is 415 g/mol. The fourth-order valence-corrected chi connectivity index (χ4v) is 2.87. The zero-order valence-electron chi connectivity index (χ0n) is 14.6. The molecule has 138 valence electrons. The smallest absolute Gasteiger partial charge is 0.407 e. The van der Waals surface area contributed by atoms with Crippen molar-refractivity contribution >= 4 is 33.7 Å². The van der Waals surface area contributed by atoms with Crippen LogP contribution in [0, 0.1) is 5.82 Å². The molecule has 2 N–H and O–H groups in total. The van der Waals surface area contributed by atoms with Gasteiger partial charge in [0.05, 0.1) is 5.69 Å². The van der Waals surface area contributed by atoms with Crippen LogP contribution in [-0.4, -0.2) is 41.8 Å². The van der Waals surface area contributed by atoms with E-state index in [9.17, 15) is 14.0 Å². The lowest BCUT2D eigenvalue weighted by Crippen LogP contribution is -2.51. The molecule has 0 aliphatic carbocycles. The maximum atomic E-state index is 13.8. The molecule has 0 saturated carbocycles. The molecule has 1 aromatic rings. The topological polar surface area (TPSA) is 70.7 Å². The zero-order chi connectivity index (χ0) is 18.6. The number of nitrogens with zero attached hydrogens (tertiary/aromatic N) is 1. The third kappa shape index (κ3) is 6.19. The number of carbonyl (C=O) groups excluding carboxylic acids is 2. The van der Waals surface area contributed by atoms with Crippen LogP contribution in [0.2, 0.25) is 0 Å². The second kappa shape index (κ2) is 8.03. The Morgan fingerprint density at radius 1 is 1.36 bits per heavy atom. The summed E-state index contributed by atoms with van der Waals surface area (Å²) in [7, 11) is 0. The second-order valence-corrected chi connectivity index (χ2v) is 7.90. The number of halogens is 2. The average molecular weight is 416 g/mol. The van der Waals surface area contributed by atoms with E-state index >= 15 is 0 Å². The summed E-state index contributed by atoms with van der Waals surface area (Å²) in [6, 6.07) is 3.86. The molecule has 8 heteroatoms. The van der Waals surface area contributed by atoms with E-state index in [2.05, 4.69) is 26.6 Å². The molecule has 1 fully saturated rings. The minimum Gasteiger partial charge on any atom is -0.444 e. The molecular weight excluding hydrogens is 393 g/mol. The summed E-state index contributed by atoms with van der Waals surface area (Å²) in [4.78, 5) is 25.8. The Morgan fingerprint density at radius 2 is 2.08 bits per heavy atom. The van der Waals surface area contributed by atoms with Gasteiger partial charge in [-0.3, -0.25) is 0 Å². The van der Waals surface area contributed by atoms with E-state index in [1.54, 1.807) is 31.7 Å². The fraction of sp³-hybridized carbons (Fsp3) is 0.529. The number of hydrogen-bond acceptors (Lipinski definition) is 3. The maximum Gasteiger partial charge on any atom is 0.407 e. The summed E-state index contributed by atoms with van der Waals surface area (Å²) in [6.07, 6.45) is 1.01. The van der Waals surface area contributed by atoms with Crippen molar-refractivity contribution in [2.24, 2.45) is 0 Å². The summed E-state index contributed by atoms with van der Waals surface area (Å²) in [6.45, 7) is 6.28. The molecule has 1 aromatic carbocycles. The standard InChI is InChI=1S/C17H23BrFN3O3/c1-17(2,3)25-16(24)20-12-5-4-8-22(10-12)15(23)21-14-7-6-11(18)9-13(14)19/h6-7,9,12H,4-5,8,10H2,1-3H3,(H,20,24)(H,21,23). The van der Waals surface area contributed by atoms with Crippen LogP contribution >= 0.6 is 15.9 Å². The molecular formula is C17H23BrFN3O3. The molecule has 0 radical (unpaired) electrons. The summed E-state index contributed by atoms with van der Waals surface area (Å²) < 4.78 is 19.7. The third-order valence-electron chi connectivity index (χ3n) is 3.60. The van der Waals surface area contributed by atoms with Gasteiger partial charge < -0.3 is 20.3 Å². The summed E-state index contributed by atoms with van der Waals surface area (Å²) in [5.74, 6) is -0.511. The van der Waals surface area contributed by atoms with Gasteiger partial charge in [-0.25, -0.2) is 14.0 Å². The van der Waals surface area contributed by atoms with Crippen LogP contribution in [0.4, 0.5) is 19.7 Å². The number of nitrogens with one attached hydrogen (secondary N) is 2. The van der Waals surface area contributed by atoms with Crippen molar-refractivity contribution < 1.29 is 18.7 Å². The van der Waals surface area contributed by atoms with Crippen molar-refractivity contribution in [2.75, 3.05) is 18.4 Å². The van der Waals surface area contributed by atoms with Crippen LogP contribution in [0.1, 0.15) is 33.6 Å². The average Bonchev–Trinajstić information content (AvgIpc) is 2.48. The first-order valence-corrected chi connectivity index (χ1v) is 8.94. The van der Waals surface area contributed by atoms with E-state index in [-0.39, 0.29) is 11.7 Å². The van der Waals surface area contributed by atoms with E-state index in [4.69, 9.17) is 4.74 Å². The number of carbonyl (C=O) groups is 2. The van der Waals surface area contributed by atoms with Crippen LogP contribution in [0.15, 0.2) is 22.7 Å². The number of urea groups is 1. The Labute approximate surface area is 155 Å². The Morgan fingerprint density at radius 3 is 2.72 bits per heavy atom. The summed E-state index contributed by atoms with van der Waals surface area (Å²) in [5.41, 5.74) is -0.454. The van der Waals surface area contributed by atoms with Crippen LogP contribution in [0.3, 0.4) is 0 Å². The molecule has 1 saturated heterocycles. The molecule has 6 nitrogen and oxygen atoms in total. The highest BCUT2D eigenvalue weighted by Gasteiger charge is 2.27. The number of piperidine rings is 1. The Kier molecular flexibility index (Phi) is 6.26. The SMILES string of the molecule is CC(C)(C)OC(=O)NC1CCCN(C(=O)Nc2ccc(Br)cc2F)C1. The highest BCUT2D eigenvalue weighted by atomic mass is 79.9. The number of hydrogen-bond donors (Lipinski definition) is 2. The van der Waals surface area contributed by atoms with Gasteiger partial charge in [-0.2, -0.15) is 0 Å². The molecule has 2 rings (SSSR count). The van der Waals surface area contributed by atoms with Crippen molar-refractivity contribution in [3.63, 3.8) is 0 Å². The predicted octanol–water partition coefficient (Wildman–Crippen LogP) is 4.11. The first-order valence-electron chi connectivity index (χ1n) is 8.14. The van der Waals surface area contributed by atoms with Gasteiger partial charge in [0.15, 0.2) is 0 Å². The highest BCUT2D eigenvalue weighted by Crippen LogP contribution is 2.20. The molecule has 3 amide bonds. The van der Waals surface area contributed by atoms with Crippen molar-refractivity contribution in [3.8, 4) is 0 Å². The zero-order valence-corrected chi connectivity index (χ0v) is 16.2. The van der Waals surface area contributed by atoms with Crippen LogP contribution in [-0.2, 0) is 4.74 Å². The number of likely N-dealkylation sites (tertiary alicyclic amines) is 1. The first-order chi connectivity index (χ1) is 11.6. The largest absolute Gasteiger partial charge is 0.444 e. The van der Waals surface area contributed by atoms with Crippen LogP contribution < -0.4 is 10.6 Å². The normalized spacial score (nSPS) is 17.8. The second-order valence-electron chi connectivity index (χ2n) is 6.99. The predicted molar refractivity (Wildman–Crippen MR) is 97.1 cm³/mol. The lowest BCUT2D eigenvalue weighted by Gasteiger charge is -2.33. The molecule has 1 atom stereocenters. The van der Waals surface area contributed by atoms with E-state index in [1.807, 2.05) is 0 Å². The molecule has 1 heterocycles. The van der Waals surface area contributed by atoms with Crippen molar-refractivity contribution in [1.82, 2.24) is 10.2 Å². The Balaban J connectivity index is 1.91. The Bertz CT molecular complexity index is 649. The molecule has 0 bridgehead atoms. The van der Waals surface area contributed by atoms with Gasteiger partial charge >= 0.3 is 12.1 Å². The van der Waals surface area contributed by atoms with E-state index < -0.39 is 23.5 Å². The van der Waals surface area contributed by atoms with Gasteiger partial charge in [-0.1, -0.05) is 15.9 Å². The lowest BCUT2D eigenvalue weighted by atomic mass is 10.1. The number of ether oxygens (including phenoxy) is 1. The maximum absolute atomic E-state index is 13.8. The van der Waals surface area contributed by atoms with Gasteiger partial charge in [0.25, 0.3) is 0 Å². The molecule has 1 aliphatic heterocycles. The van der Waals surface area contributed by atoms with Crippen LogP contribution in [0.25, 0.3) is 0 Å². The highest BCUT2D eigenvalue weighted by molar-refractivity contribution is 9.10. The minimum absolute atomic E-state index is 0.121. The number of amides is 3. The summed E-state index contributed by atoms with van der Waals surface area (Å²) >= 11 is 3.18. The van der Waals surface area contributed by atoms with Gasteiger partial charge in [-0.05, 0) is 51.8 Å². The van der Waals surface area contributed by atoms with E-state index in [1.165, 1.54) is 12.1 Å². The molecule has 0 aromatic heterocycles. The minimum atomic E-state index is -0.574. The van der Waals surface area contributed by atoms with Gasteiger partial charge in [0.2, 0.25) is 0 Å². The van der Waals surface area contributed by atoms with E-state index in [0.717, 1.165) is 12.8 Å². The fourth-order valence-electron chi connectivity index (χ4n) is 2.54.